The largest absolute Gasteiger partial charge is 0.497 e. The van der Waals surface area contributed by atoms with Gasteiger partial charge in [0.1, 0.15) is 18.0 Å². The first-order valence-electron chi connectivity index (χ1n) is 16.4. The molecule has 4 atom stereocenters. The highest BCUT2D eigenvalue weighted by Gasteiger charge is 2.56. The zero-order valence-corrected chi connectivity index (χ0v) is 27.1. The number of hydrazone groups is 1. The third kappa shape index (κ3) is 5.22. The quantitative estimate of drug-likeness (QED) is 0.227. The second-order valence-corrected chi connectivity index (χ2v) is 12.6. The monoisotopic (exact) mass is 654 g/mol. The zero-order valence-electron chi connectivity index (χ0n) is 27.1. The highest BCUT2D eigenvalue weighted by atomic mass is 16.5. The number of benzene rings is 4. The Morgan fingerprint density at radius 2 is 1.57 bits per heavy atom. The van der Waals surface area contributed by atoms with Crippen molar-refractivity contribution in [2.45, 2.75) is 37.4 Å². The van der Waals surface area contributed by atoms with Crippen molar-refractivity contribution in [2.75, 3.05) is 25.7 Å². The first kappa shape index (κ1) is 30.5. The van der Waals surface area contributed by atoms with Crippen molar-refractivity contribution in [1.29, 1.82) is 0 Å². The van der Waals surface area contributed by atoms with Crippen LogP contribution in [0.4, 0.5) is 5.69 Å². The topological polar surface area (TPSA) is 116 Å². The van der Waals surface area contributed by atoms with Crippen LogP contribution >= 0.6 is 0 Å². The summed E-state index contributed by atoms with van der Waals surface area (Å²) in [4.78, 5) is 43.0. The minimum atomic E-state index is -1.02. The molecule has 3 amide bonds. The molecule has 0 unspecified atom stereocenters. The Labute approximate surface area is 283 Å². The first-order chi connectivity index (χ1) is 23.9. The normalized spacial score (nSPS) is 23.7. The summed E-state index contributed by atoms with van der Waals surface area (Å²) < 4.78 is 10.7. The number of carbonyl (C=O) groups is 3. The fraction of sp³-hybridized carbons (Fsp3) is 0.263. The maximum absolute atomic E-state index is 14.3. The van der Waals surface area contributed by atoms with Gasteiger partial charge in [-0.2, -0.15) is 10.2 Å². The average molecular weight is 655 g/mol. The van der Waals surface area contributed by atoms with Gasteiger partial charge >= 0.3 is 0 Å². The number of nitrogens with zero attached hydrogens (tertiary/aromatic N) is 6. The molecule has 4 aromatic carbocycles. The van der Waals surface area contributed by atoms with Crippen LogP contribution in [0.2, 0.25) is 0 Å². The predicted octanol–water partition coefficient (Wildman–Crippen LogP) is 5.97. The van der Waals surface area contributed by atoms with E-state index in [1.54, 1.807) is 25.3 Å². The number of amides is 3. The lowest BCUT2D eigenvalue weighted by Crippen LogP contribution is -2.45. The van der Waals surface area contributed by atoms with Gasteiger partial charge in [0.25, 0.3) is 17.7 Å². The number of hydrogen-bond acceptors (Lipinski definition) is 9. The second kappa shape index (κ2) is 12.3. The summed E-state index contributed by atoms with van der Waals surface area (Å²) >= 11 is 0. The molecule has 3 aliphatic heterocycles. The van der Waals surface area contributed by atoms with E-state index in [0.717, 1.165) is 58.2 Å². The molecule has 3 heterocycles. The Bertz CT molecular complexity index is 2050. The van der Waals surface area contributed by atoms with Crippen molar-refractivity contribution in [3.05, 3.63) is 108 Å². The fourth-order valence-corrected chi connectivity index (χ4v) is 7.45. The van der Waals surface area contributed by atoms with E-state index in [1.165, 1.54) is 9.91 Å². The van der Waals surface area contributed by atoms with E-state index in [2.05, 4.69) is 16.4 Å². The number of methoxy groups -OCH3 is 2. The van der Waals surface area contributed by atoms with Crippen molar-refractivity contribution >= 4 is 46.0 Å². The van der Waals surface area contributed by atoms with Crippen LogP contribution in [0.3, 0.4) is 0 Å². The van der Waals surface area contributed by atoms with Gasteiger partial charge < -0.3 is 9.47 Å². The third-order valence-electron chi connectivity index (χ3n) is 9.83. The molecule has 0 aromatic heterocycles. The fourth-order valence-electron chi connectivity index (χ4n) is 7.45. The smallest absolute Gasteiger partial charge is 0.264 e. The summed E-state index contributed by atoms with van der Waals surface area (Å²) in [6.07, 6.45) is 4.78. The number of allylic oxidation sites excluding steroid dienone is 1. The Morgan fingerprint density at radius 1 is 0.857 bits per heavy atom. The van der Waals surface area contributed by atoms with Gasteiger partial charge in [-0.25, -0.2) is 9.91 Å². The minimum Gasteiger partial charge on any atom is -0.497 e. The molecular weight excluding hydrogens is 620 g/mol. The molecule has 1 saturated heterocycles. The summed E-state index contributed by atoms with van der Waals surface area (Å²) in [5.41, 5.74) is 4.41. The van der Waals surface area contributed by atoms with E-state index < -0.39 is 23.9 Å². The number of hydrogen-bond donors (Lipinski definition) is 0. The lowest BCUT2D eigenvalue weighted by atomic mass is 9.77. The van der Waals surface area contributed by atoms with Gasteiger partial charge in [-0.1, -0.05) is 65.9 Å². The van der Waals surface area contributed by atoms with E-state index in [-0.39, 0.29) is 24.4 Å². The van der Waals surface area contributed by atoms with Crippen LogP contribution in [0.1, 0.15) is 36.4 Å². The van der Waals surface area contributed by atoms with Crippen LogP contribution < -0.4 is 14.4 Å². The molecule has 246 valence electrons. The number of carbonyl (C=O) groups excluding carboxylic acids is 3. The number of imide groups is 1. The van der Waals surface area contributed by atoms with Gasteiger partial charge in [-0.05, 0) is 77.8 Å². The standard InChI is InChI=1S/C38H34N6O5/c1-48-27-17-13-23(14-18-27)21-26-9-5-11-30-33(26)40-44(35(30)25-15-19-28(49-2)20-16-25)32(45)22-42-36-34(39-41-42)37(46)43(38(36)47)31-12-6-8-24-7-3-4-10-29(24)31/h3-4,6-8,10,12-21,30,34-36H,5,9,11,22H2,1-2H3/b26-21+/t30-,34-,35-,36+/m0/s1. The van der Waals surface area contributed by atoms with E-state index in [0.29, 0.717) is 11.4 Å². The maximum atomic E-state index is 14.3. The average Bonchev–Trinajstić information content (AvgIpc) is 3.81. The van der Waals surface area contributed by atoms with Crippen LogP contribution in [0.5, 0.6) is 11.5 Å². The summed E-state index contributed by atoms with van der Waals surface area (Å²) in [6, 6.07) is 26.3. The molecule has 1 aliphatic carbocycles. The van der Waals surface area contributed by atoms with E-state index in [1.807, 2.05) is 84.9 Å². The van der Waals surface area contributed by atoms with Crippen LogP contribution in [0.15, 0.2) is 112 Å². The lowest BCUT2D eigenvalue weighted by Gasteiger charge is -2.30. The summed E-state index contributed by atoms with van der Waals surface area (Å²) in [5, 5.41) is 17.9. The molecule has 1 saturated carbocycles. The Hall–Kier alpha value is -5.84. The lowest BCUT2D eigenvalue weighted by molar-refractivity contribution is -0.136. The molecular formula is C38H34N6O5. The molecule has 2 fully saturated rings. The number of rotatable bonds is 7. The van der Waals surface area contributed by atoms with Gasteiger partial charge in [0.15, 0.2) is 12.1 Å². The van der Waals surface area contributed by atoms with Crippen molar-refractivity contribution in [2.24, 2.45) is 21.4 Å². The second-order valence-electron chi connectivity index (χ2n) is 12.6. The molecule has 11 heteroatoms. The molecule has 0 bridgehead atoms. The number of fused-ring (bicyclic) bond motifs is 3. The van der Waals surface area contributed by atoms with Crippen LogP contribution in [-0.2, 0) is 14.4 Å². The van der Waals surface area contributed by atoms with Crippen molar-refractivity contribution < 1.29 is 23.9 Å². The van der Waals surface area contributed by atoms with E-state index in [9.17, 15) is 14.4 Å². The molecule has 4 aromatic rings. The van der Waals surface area contributed by atoms with Crippen LogP contribution in [0.25, 0.3) is 16.8 Å². The minimum absolute atomic E-state index is 0.0277. The van der Waals surface area contributed by atoms with Crippen molar-refractivity contribution in [3.63, 3.8) is 0 Å². The molecule has 0 N–H and O–H groups in total. The Kier molecular flexibility index (Phi) is 7.66. The maximum Gasteiger partial charge on any atom is 0.264 e. The Morgan fingerprint density at radius 3 is 2.33 bits per heavy atom. The van der Waals surface area contributed by atoms with Crippen LogP contribution in [0, 0.1) is 5.92 Å². The van der Waals surface area contributed by atoms with Gasteiger partial charge in [0, 0.05) is 11.3 Å². The molecule has 11 nitrogen and oxygen atoms in total. The van der Waals surface area contributed by atoms with E-state index >= 15 is 0 Å². The molecule has 8 rings (SSSR count). The highest BCUT2D eigenvalue weighted by Crippen LogP contribution is 2.45. The number of ether oxygens (including phenoxy) is 2. The predicted molar refractivity (Wildman–Crippen MR) is 184 cm³/mol. The third-order valence-corrected chi connectivity index (χ3v) is 9.83. The summed E-state index contributed by atoms with van der Waals surface area (Å²) in [6.45, 7) is -0.263. The summed E-state index contributed by atoms with van der Waals surface area (Å²) in [5.74, 6) is 0.217. The SMILES string of the molecule is COc1ccc(/C=C2\CCC[C@H]3C2=NN(C(=O)CN2N=N[C@@H]4C(=O)N(c5cccc6ccccc56)C(=O)[C@@H]42)[C@H]3c2ccc(OC)cc2)cc1. The highest BCUT2D eigenvalue weighted by molar-refractivity contribution is 6.27. The Balaban J connectivity index is 1.10. The van der Waals surface area contributed by atoms with E-state index in [4.69, 9.17) is 14.6 Å². The first-order valence-corrected chi connectivity index (χ1v) is 16.4. The summed E-state index contributed by atoms with van der Waals surface area (Å²) in [7, 11) is 3.26. The molecule has 4 aliphatic rings. The molecule has 0 spiro atoms. The van der Waals surface area contributed by atoms with Crippen LogP contribution in [-0.4, -0.2) is 66.3 Å². The zero-order chi connectivity index (χ0) is 33.6. The number of anilines is 1. The van der Waals surface area contributed by atoms with Crippen molar-refractivity contribution in [3.8, 4) is 11.5 Å². The molecule has 0 radical (unpaired) electrons. The molecule has 49 heavy (non-hydrogen) atoms. The van der Waals surface area contributed by atoms with Gasteiger partial charge in [-0.15, -0.1) is 0 Å². The van der Waals surface area contributed by atoms with Crippen molar-refractivity contribution in [1.82, 2.24) is 10.0 Å². The van der Waals surface area contributed by atoms with Gasteiger partial charge in [-0.3, -0.25) is 19.4 Å². The van der Waals surface area contributed by atoms with Gasteiger partial charge in [0.2, 0.25) is 0 Å². The van der Waals surface area contributed by atoms with Gasteiger partial charge in [0.05, 0.1) is 31.7 Å².